The number of carbonyl (C=O) groups excluding carboxylic acids is 1. The summed E-state index contributed by atoms with van der Waals surface area (Å²) in [6.07, 6.45) is 5.01. The standard InChI is InChI=1S/C12H19N3OS/c1-2-17-10-4-3-9(6-10)15-12(16)11-5-8(13)7-14-11/h5,7,9-10,14H,2-4,6,13H2,1H3,(H,15,16). The largest absolute Gasteiger partial charge is 0.397 e. The van der Waals surface area contributed by atoms with Gasteiger partial charge in [-0.05, 0) is 31.1 Å². The molecule has 0 spiro atoms. The van der Waals surface area contributed by atoms with E-state index >= 15 is 0 Å². The Kier molecular flexibility index (Phi) is 3.99. The number of rotatable bonds is 4. The summed E-state index contributed by atoms with van der Waals surface area (Å²) >= 11 is 1.99. The lowest BCUT2D eigenvalue weighted by Crippen LogP contribution is -2.33. The summed E-state index contributed by atoms with van der Waals surface area (Å²) in [6, 6.07) is 1.99. The Hall–Kier alpha value is -1.10. The van der Waals surface area contributed by atoms with Crippen molar-refractivity contribution in [1.82, 2.24) is 10.3 Å². The molecule has 94 valence electrons. The Bertz CT molecular complexity index is 391. The quantitative estimate of drug-likeness (QED) is 0.768. The minimum absolute atomic E-state index is 0.0474. The van der Waals surface area contributed by atoms with Crippen LogP contribution in [0, 0.1) is 0 Å². The Morgan fingerprint density at radius 1 is 1.65 bits per heavy atom. The number of nitrogen functional groups attached to an aromatic ring is 1. The summed E-state index contributed by atoms with van der Waals surface area (Å²) < 4.78 is 0. The van der Waals surface area contributed by atoms with Gasteiger partial charge in [0.05, 0.1) is 0 Å². The second kappa shape index (κ2) is 5.49. The molecular formula is C12H19N3OS. The molecule has 1 fully saturated rings. The van der Waals surface area contributed by atoms with Crippen LogP contribution in [0.15, 0.2) is 12.3 Å². The van der Waals surface area contributed by atoms with Crippen LogP contribution in [0.25, 0.3) is 0 Å². The number of aromatic amines is 1. The van der Waals surface area contributed by atoms with E-state index in [1.165, 1.54) is 6.42 Å². The highest BCUT2D eigenvalue weighted by Crippen LogP contribution is 2.29. The van der Waals surface area contributed by atoms with Crippen LogP contribution < -0.4 is 11.1 Å². The molecule has 1 aromatic rings. The van der Waals surface area contributed by atoms with Crippen LogP contribution in [0.4, 0.5) is 5.69 Å². The second-order valence-electron chi connectivity index (χ2n) is 4.41. The fourth-order valence-corrected chi connectivity index (χ4v) is 3.41. The van der Waals surface area contributed by atoms with E-state index in [9.17, 15) is 4.79 Å². The summed E-state index contributed by atoms with van der Waals surface area (Å²) in [5.41, 5.74) is 6.72. The molecular weight excluding hydrogens is 234 g/mol. The van der Waals surface area contributed by atoms with E-state index in [4.69, 9.17) is 5.73 Å². The highest BCUT2D eigenvalue weighted by molar-refractivity contribution is 7.99. The van der Waals surface area contributed by atoms with Crippen molar-refractivity contribution in [2.75, 3.05) is 11.5 Å². The zero-order valence-electron chi connectivity index (χ0n) is 10.0. The van der Waals surface area contributed by atoms with Gasteiger partial charge in [0, 0.05) is 23.2 Å². The molecule has 1 aliphatic carbocycles. The number of carbonyl (C=O) groups is 1. The first-order chi connectivity index (χ1) is 8.19. The van der Waals surface area contributed by atoms with Crippen LogP contribution in [0.5, 0.6) is 0 Å². The van der Waals surface area contributed by atoms with Gasteiger partial charge in [-0.2, -0.15) is 11.8 Å². The van der Waals surface area contributed by atoms with Crippen LogP contribution in [0.3, 0.4) is 0 Å². The highest BCUT2D eigenvalue weighted by Gasteiger charge is 2.26. The van der Waals surface area contributed by atoms with Crippen LogP contribution in [0.2, 0.25) is 0 Å². The van der Waals surface area contributed by atoms with Gasteiger partial charge >= 0.3 is 0 Å². The van der Waals surface area contributed by atoms with Gasteiger partial charge in [-0.3, -0.25) is 4.79 Å². The lowest BCUT2D eigenvalue weighted by atomic mass is 10.2. The molecule has 0 aromatic carbocycles. The lowest BCUT2D eigenvalue weighted by Gasteiger charge is -2.12. The van der Waals surface area contributed by atoms with E-state index in [0.29, 0.717) is 22.7 Å². The minimum Gasteiger partial charge on any atom is -0.397 e. The van der Waals surface area contributed by atoms with Gasteiger partial charge in [-0.15, -0.1) is 0 Å². The number of hydrogen-bond donors (Lipinski definition) is 3. The molecule has 2 unspecified atom stereocenters. The molecule has 2 rings (SSSR count). The molecule has 1 aromatic heterocycles. The van der Waals surface area contributed by atoms with E-state index in [2.05, 4.69) is 17.2 Å². The monoisotopic (exact) mass is 253 g/mol. The summed E-state index contributed by atoms with van der Waals surface area (Å²) in [5, 5.41) is 3.77. The zero-order chi connectivity index (χ0) is 12.3. The van der Waals surface area contributed by atoms with Crippen LogP contribution in [0.1, 0.15) is 36.7 Å². The average Bonchev–Trinajstić information content (AvgIpc) is 2.88. The SMILES string of the molecule is CCSC1CCC(NC(=O)c2cc(N)c[nH]2)C1. The third-order valence-electron chi connectivity index (χ3n) is 3.07. The van der Waals surface area contributed by atoms with Gasteiger partial charge in [0.1, 0.15) is 5.69 Å². The number of H-pyrrole nitrogens is 1. The molecule has 0 aliphatic heterocycles. The number of thioether (sulfide) groups is 1. The summed E-state index contributed by atoms with van der Waals surface area (Å²) in [5.74, 6) is 1.10. The van der Waals surface area contributed by atoms with Gasteiger partial charge in [-0.1, -0.05) is 6.92 Å². The van der Waals surface area contributed by atoms with Crippen molar-refractivity contribution < 1.29 is 4.79 Å². The number of nitrogens with one attached hydrogen (secondary N) is 2. The van der Waals surface area contributed by atoms with E-state index in [0.717, 1.165) is 18.6 Å². The van der Waals surface area contributed by atoms with E-state index in [-0.39, 0.29) is 5.91 Å². The summed E-state index contributed by atoms with van der Waals surface area (Å²) in [6.45, 7) is 2.18. The van der Waals surface area contributed by atoms with Crippen molar-refractivity contribution >= 4 is 23.4 Å². The maximum Gasteiger partial charge on any atom is 0.267 e. The summed E-state index contributed by atoms with van der Waals surface area (Å²) in [4.78, 5) is 14.7. The molecule has 1 aliphatic rings. The topological polar surface area (TPSA) is 70.9 Å². The Morgan fingerprint density at radius 3 is 3.12 bits per heavy atom. The van der Waals surface area contributed by atoms with E-state index in [1.807, 2.05) is 11.8 Å². The molecule has 0 saturated heterocycles. The number of nitrogens with two attached hydrogens (primary N) is 1. The predicted octanol–water partition coefficient (Wildman–Crippen LogP) is 2.00. The fourth-order valence-electron chi connectivity index (χ4n) is 2.26. The lowest BCUT2D eigenvalue weighted by molar-refractivity contribution is 0.0933. The minimum atomic E-state index is -0.0474. The highest BCUT2D eigenvalue weighted by atomic mass is 32.2. The van der Waals surface area contributed by atoms with Crippen molar-refractivity contribution in [3.05, 3.63) is 18.0 Å². The molecule has 4 nitrogen and oxygen atoms in total. The molecule has 1 saturated carbocycles. The molecule has 4 N–H and O–H groups in total. The first-order valence-electron chi connectivity index (χ1n) is 6.05. The Labute approximate surface area is 106 Å². The Morgan fingerprint density at radius 2 is 2.47 bits per heavy atom. The molecule has 1 heterocycles. The number of aromatic nitrogens is 1. The molecule has 5 heteroatoms. The zero-order valence-corrected chi connectivity index (χ0v) is 10.8. The second-order valence-corrected chi connectivity index (χ2v) is 5.98. The fraction of sp³-hybridized carbons (Fsp3) is 0.583. The number of amides is 1. The first kappa shape index (κ1) is 12.4. The van der Waals surface area contributed by atoms with Crippen molar-refractivity contribution in [3.8, 4) is 0 Å². The first-order valence-corrected chi connectivity index (χ1v) is 7.10. The number of anilines is 1. The molecule has 1 amide bonds. The predicted molar refractivity (Wildman–Crippen MR) is 72.2 cm³/mol. The van der Waals surface area contributed by atoms with Crippen molar-refractivity contribution in [2.24, 2.45) is 0 Å². The van der Waals surface area contributed by atoms with Crippen molar-refractivity contribution in [2.45, 2.75) is 37.5 Å². The molecule has 0 bridgehead atoms. The van der Waals surface area contributed by atoms with E-state index < -0.39 is 0 Å². The smallest absolute Gasteiger partial charge is 0.267 e. The Balaban J connectivity index is 1.84. The van der Waals surface area contributed by atoms with Gasteiger partial charge in [0.2, 0.25) is 0 Å². The van der Waals surface area contributed by atoms with Crippen LogP contribution in [-0.2, 0) is 0 Å². The van der Waals surface area contributed by atoms with Crippen LogP contribution in [-0.4, -0.2) is 27.9 Å². The third-order valence-corrected chi connectivity index (χ3v) is 4.30. The van der Waals surface area contributed by atoms with Gasteiger partial charge in [-0.25, -0.2) is 0 Å². The van der Waals surface area contributed by atoms with Gasteiger partial charge in [0.25, 0.3) is 5.91 Å². The maximum absolute atomic E-state index is 11.9. The third kappa shape index (κ3) is 3.19. The summed E-state index contributed by atoms with van der Waals surface area (Å²) in [7, 11) is 0. The molecule has 2 atom stereocenters. The molecule has 17 heavy (non-hydrogen) atoms. The average molecular weight is 253 g/mol. The normalized spacial score (nSPS) is 23.8. The van der Waals surface area contributed by atoms with Gasteiger partial charge in [0.15, 0.2) is 0 Å². The maximum atomic E-state index is 11.9. The van der Waals surface area contributed by atoms with Crippen LogP contribution >= 0.6 is 11.8 Å². The van der Waals surface area contributed by atoms with Crippen molar-refractivity contribution in [1.29, 1.82) is 0 Å². The van der Waals surface area contributed by atoms with Crippen molar-refractivity contribution in [3.63, 3.8) is 0 Å². The number of hydrogen-bond acceptors (Lipinski definition) is 3. The van der Waals surface area contributed by atoms with Gasteiger partial charge < -0.3 is 16.0 Å². The molecule has 0 radical (unpaired) electrons. The van der Waals surface area contributed by atoms with E-state index in [1.54, 1.807) is 12.3 Å².